The molecule has 0 spiro atoms. The van der Waals surface area contributed by atoms with Gasteiger partial charge in [-0.2, -0.15) is 13.2 Å². The first-order valence-electron chi connectivity index (χ1n) is 11.8. The van der Waals surface area contributed by atoms with Crippen molar-refractivity contribution < 1.29 is 27.9 Å². The summed E-state index contributed by atoms with van der Waals surface area (Å²) in [4.78, 5) is 30.1. The molecule has 2 heterocycles. The summed E-state index contributed by atoms with van der Waals surface area (Å²) in [6.45, 7) is 7.47. The molecule has 2 N–H and O–H groups in total. The number of aromatic nitrogens is 1. The summed E-state index contributed by atoms with van der Waals surface area (Å²) < 4.78 is 31.7. The van der Waals surface area contributed by atoms with Crippen LogP contribution in [0.5, 0.6) is 0 Å². The average Bonchev–Trinajstić information content (AvgIpc) is 2.92. The normalized spacial score (nSPS) is 13.9. The second-order valence-electron chi connectivity index (χ2n) is 8.40. The van der Waals surface area contributed by atoms with Gasteiger partial charge in [-0.05, 0) is 65.7 Å². The Morgan fingerprint density at radius 3 is 2.14 bits per heavy atom. The molecule has 2 aromatic carbocycles. The van der Waals surface area contributed by atoms with Gasteiger partial charge in [0.15, 0.2) is 0 Å². The third kappa shape index (κ3) is 8.32. The minimum Gasteiger partial charge on any atom is -0.475 e. The Hall–Kier alpha value is -3.92. The van der Waals surface area contributed by atoms with Crippen molar-refractivity contribution in [2.45, 2.75) is 19.6 Å². The van der Waals surface area contributed by atoms with Crippen LogP contribution in [0.3, 0.4) is 0 Å². The summed E-state index contributed by atoms with van der Waals surface area (Å²) in [5.74, 6) is -2.63. The number of carbonyl (C=O) groups excluding carboxylic acids is 1. The Morgan fingerprint density at radius 2 is 1.57 bits per heavy atom. The predicted molar refractivity (Wildman–Crippen MR) is 135 cm³/mol. The van der Waals surface area contributed by atoms with Crippen molar-refractivity contribution in [2.24, 2.45) is 0 Å². The van der Waals surface area contributed by atoms with Gasteiger partial charge in [0, 0.05) is 56.4 Å². The highest BCUT2D eigenvalue weighted by Gasteiger charge is 2.38. The molecule has 1 fully saturated rings. The summed E-state index contributed by atoms with van der Waals surface area (Å²) in [5, 5.41) is 10.6. The van der Waals surface area contributed by atoms with Gasteiger partial charge in [-0.25, -0.2) is 4.79 Å². The van der Waals surface area contributed by atoms with E-state index in [4.69, 9.17) is 9.90 Å². The summed E-state index contributed by atoms with van der Waals surface area (Å²) in [6, 6.07) is 20.3. The number of carboxylic acids is 1. The highest BCUT2D eigenvalue weighted by Crippen LogP contribution is 2.20. The lowest BCUT2D eigenvalue weighted by atomic mass is 10.0. The number of anilines is 1. The number of pyridine rings is 1. The third-order valence-corrected chi connectivity index (χ3v) is 5.92. The van der Waals surface area contributed by atoms with Gasteiger partial charge in [0.2, 0.25) is 0 Å². The van der Waals surface area contributed by atoms with Crippen LogP contribution >= 0.6 is 0 Å². The Balaban J connectivity index is 0.000000479. The minimum atomic E-state index is -5.08. The molecule has 1 aliphatic heterocycles. The van der Waals surface area contributed by atoms with Gasteiger partial charge in [-0.3, -0.25) is 9.78 Å². The lowest BCUT2D eigenvalue weighted by Gasteiger charge is -2.34. The number of hydrogen-bond donors (Lipinski definition) is 2. The molecule has 0 unspecified atom stereocenters. The molecular formula is C27H29F3N4O3. The van der Waals surface area contributed by atoms with Gasteiger partial charge in [0.1, 0.15) is 0 Å². The lowest BCUT2D eigenvalue weighted by Crippen LogP contribution is -2.48. The van der Waals surface area contributed by atoms with Crippen molar-refractivity contribution in [3.8, 4) is 11.1 Å². The number of amides is 1. The first kappa shape index (κ1) is 27.7. The van der Waals surface area contributed by atoms with Crippen LogP contribution in [0, 0.1) is 0 Å². The third-order valence-electron chi connectivity index (χ3n) is 5.92. The molecule has 3 aromatic rings. The molecule has 0 bridgehead atoms. The molecule has 0 radical (unpaired) electrons. The van der Waals surface area contributed by atoms with E-state index in [2.05, 4.69) is 46.4 Å². The summed E-state index contributed by atoms with van der Waals surface area (Å²) >= 11 is 0. The molecule has 1 aromatic heterocycles. The average molecular weight is 515 g/mol. The van der Waals surface area contributed by atoms with Gasteiger partial charge < -0.3 is 20.2 Å². The van der Waals surface area contributed by atoms with Crippen LogP contribution in [0.2, 0.25) is 0 Å². The maximum absolute atomic E-state index is 12.7. The van der Waals surface area contributed by atoms with E-state index in [0.29, 0.717) is 0 Å². The van der Waals surface area contributed by atoms with E-state index in [1.165, 1.54) is 11.1 Å². The first-order valence-corrected chi connectivity index (χ1v) is 11.8. The number of likely N-dealkylation sites (N-methyl/N-ethyl adjacent to an activating group) is 1. The maximum Gasteiger partial charge on any atom is 0.490 e. The number of alkyl halides is 3. The monoisotopic (exact) mass is 514 g/mol. The highest BCUT2D eigenvalue weighted by molar-refractivity contribution is 5.94. The van der Waals surface area contributed by atoms with Crippen molar-refractivity contribution in [2.75, 3.05) is 38.0 Å². The van der Waals surface area contributed by atoms with Crippen LogP contribution in [0.4, 0.5) is 18.9 Å². The number of piperazine rings is 1. The lowest BCUT2D eigenvalue weighted by molar-refractivity contribution is -0.192. The van der Waals surface area contributed by atoms with Gasteiger partial charge >= 0.3 is 12.1 Å². The van der Waals surface area contributed by atoms with Crippen LogP contribution in [0.25, 0.3) is 11.1 Å². The molecule has 196 valence electrons. The van der Waals surface area contributed by atoms with Gasteiger partial charge in [0.05, 0.1) is 0 Å². The van der Waals surface area contributed by atoms with E-state index in [-0.39, 0.29) is 5.91 Å². The molecule has 37 heavy (non-hydrogen) atoms. The molecule has 0 saturated carbocycles. The molecule has 0 aliphatic carbocycles. The van der Waals surface area contributed by atoms with Crippen molar-refractivity contribution in [3.63, 3.8) is 0 Å². The van der Waals surface area contributed by atoms with E-state index >= 15 is 0 Å². The largest absolute Gasteiger partial charge is 0.490 e. The van der Waals surface area contributed by atoms with Gasteiger partial charge in [0.25, 0.3) is 5.91 Å². The highest BCUT2D eigenvalue weighted by atomic mass is 19.4. The Labute approximate surface area is 213 Å². The zero-order valence-electron chi connectivity index (χ0n) is 20.4. The SMILES string of the molecule is CCN1CCN(C(=O)c2ccc(NCc3cccc(-c4ccncc4)c3)cc2)CC1.O=C(O)C(F)(F)F. The Morgan fingerprint density at radius 1 is 0.946 bits per heavy atom. The number of aliphatic carboxylic acids is 1. The van der Waals surface area contributed by atoms with E-state index in [1.807, 2.05) is 53.7 Å². The number of nitrogens with zero attached hydrogens (tertiary/aromatic N) is 3. The van der Waals surface area contributed by atoms with Crippen molar-refractivity contribution in [1.82, 2.24) is 14.8 Å². The van der Waals surface area contributed by atoms with Gasteiger partial charge in [-0.1, -0.05) is 25.1 Å². The molecule has 7 nitrogen and oxygen atoms in total. The summed E-state index contributed by atoms with van der Waals surface area (Å²) in [5.41, 5.74) is 5.32. The summed E-state index contributed by atoms with van der Waals surface area (Å²) in [6.07, 6.45) is -1.46. The molecule has 4 rings (SSSR count). The summed E-state index contributed by atoms with van der Waals surface area (Å²) in [7, 11) is 0. The molecule has 0 atom stereocenters. The quantitative estimate of drug-likeness (QED) is 0.493. The smallest absolute Gasteiger partial charge is 0.475 e. The predicted octanol–water partition coefficient (Wildman–Crippen LogP) is 4.77. The van der Waals surface area contributed by atoms with Crippen molar-refractivity contribution >= 4 is 17.6 Å². The zero-order valence-corrected chi connectivity index (χ0v) is 20.4. The van der Waals surface area contributed by atoms with E-state index in [0.717, 1.165) is 56.1 Å². The molecular weight excluding hydrogens is 485 g/mol. The van der Waals surface area contributed by atoms with Crippen LogP contribution in [0.1, 0.15) is 22.8 Å². The number of benzene rings is 2. The second kappa shape index (κ2) is 12.9. The van der Waals surface area contributed by atoms with Crippen molar-refractivity contribution in [1.29, 1.82) is 0 Å². The second-order valence-corrected chi connectivity index (χ2v) is 8.40. The number of nitrogens with one attached hydrogen (secondary N) is 1. The van der Waals surface area contributed by atoms with Crippen molar-refractivity contribution in [3.05, 3.63) is 84.2 Å². The topological polar surface area (TPSA) is 85.8 Å². The van der Waals surface area contributed by atoms with E-state index < -0.39 is 12.1 Å². The number of halogens is 3. The zero-order chi connectivity index (χ0) is 26.8. The van der Waals surface area contributed by atoms with Gasteiger partial charge in [-0.15, -0.1) is 0 Å². The fraction of sp³-hybridized carbons (Fsp3) is 0.296. The standard InChI is InChI=1S/C25H28N4O.C2HF3O2/c1-2-28-14-16-29(17-15-28)25(30)22-6-8-24(9-7-22)27-19-20-4-3-5-23(18-20)21-10-12-26-13-11-21;3-2(4,5)1(6)7/h3-13,18,27H,2,14-17,19H2,1H3;(H,6,7). The fourth-order valence-corrected chi connectivity index (χ4v) is 3.79. The molecule has 1 saturated heterocycles. The Bertz CT molecular complexity index is 1160. The number of carbonyl (C=O) groups is 2. The first-order chi connectivity index (χ1) is 17.7. The minimum absolute atomic E-state index is 0.127. The van der Waals surface area contributed by atoms with E-state index in [9.17, 15) is 18.0 Å². The number of rotatable bonds is 6. The van der Waals surface area contributed by atoms with Crippen LogP contribution < -0.4 is 5.32 Å². The maximum atomic E-state index is 12.7. The molecule has 1 amide bonds. The molecule has 10 heteroatoms. The van der Waals surface area contributed by atoms with E-state index in [1.54, 1.807) is 0 Å². The van der Waals surface area contributed by atoms with Crippen LogP contribution in [-0.4, -0.2) is 70.7 Å². The fourth-order valence-electron chi connectivity index (χ4n) is 3.79. The van der Waals surface area contributed by atoms with Crippen LogP contribution in [-0.2, 0) is 11.3 Å². The number of hydrogen-bond acceptors (Lipinski definition) is 5. The number of carboxylic acid groups (broad SMARTS) is 1. The Kier molecular flexibility index (Phi) is 9.62. The molecule has 1 aliphatic rings. The van der Waals surface area contributed by atoms with Crippen LogP contribution in [0.15, 0.2) is 73.1 Å².